The summed E-state index contributed by atoms with van der Waals surface area (Å²) >= 11 is 1.02. The molecule has 0 spiro atoms. The fourth-order valence-electron chi connectivity index (χ4n) is 2.28. The van der Waals surface area contributed by atoms with Crippen LogP contribution in [0.3, 0.4) is 0 Å². The SMILES string of the molecule is Cc1nn(-c2ccccc2)c(C)c1CNC(=O)c1cnsn1. The van der Waals surface area contributed by atoms with Crippen molar-refractivity contribution in [3.05, 3.63) is 59.2 Å². The molecule has 2 heterocycles. The number of nitrogens with one attached hydrogen (secondary N) is 1. The highest BCUT2D eigenvalue weighted by Gasteiger charge is 2.15. The Morgan fingerprint density at radius 3 is 2.73 bits per heavy atom. The van der Waals surface area contributed by atoms with Crippen LogP contribution in [-0.2, 0) is 6.54 Å². The molecular weight excluding hydrogens is 298 g/mol. The van der Waals surface area contributed by atoms with Crippen molar-refractivity contribution in [1.29, 1.82) is 0 Å². The summed E-state index contributed by atoms with van der Waals surface area (Å²) in [4.78, 5) is 11.9. The zero-order chi connectivity index (χ0) is 15.5. The van der Waals surface area contributed by atoms with Gasteiger partial charge in [-0.2, -0.15) is 13.8 Å². The van der Waals surface area contributed by atoms with E-state index in [1.165, 1.54) is 6.20 Å². The number of benzene rings is 1. The number of amides is 1. The Kier molecular flexibility index (Phi) is 3.97. The Morgan fingerprint density at radius 2 is 2.05 bits per heavy atom. The molecule has 7 heteroatoms. The summed E-state index contributed by atoms with van der Waals surface area (Å²) in [5, 5.41) is 7.42. The van der Waals surface area contributed by atoms with E-state index in [-0.39, 0.29) is 5.91 Å². The third-order valence-corrected chi connectivity index (χ3v) is 3.94. The number of aromatic nitrogens is 4. The average molecular weight is 313 g/mol. The molecule has 0 saturated carbocycles. The third-order valence-electron chi connectivity index (χ3n) is 3.46. The molecule has 1 aromatic carbocycles. The summed E-state index contributed by atoms with van der Waals surface area (Å²) in [6.45, 7) is 4.36. The maximum Gasteiger partial charge on any atom is 0.272 e. The van der Waals surface area contributed by atoms with Crippen molar-refractivity contribution in [3.8, 4) is 5.69 Å². The van der Waals surface area contributed by atoms with E-state index >= 15 is 0 Å². The van der Waals surface area contributed by atoms with E-state index in [2.05, 4.69) is 19.2 Å². The summed E-state index contributed by atoms with van der Waals surface area (Å²) in [5.41, 5.74) is 4.28. The van der Waals surface area contributed by atoms with Gasteiger partial charge in [0, 0.05) is 17.8 Å². The van der Waals surface area contributed by atoms with Crippen LogP contribution in [0.25, 0.3) is 5.69 Å². The van der Waals surface area contributed by atoms with Crippen molar-refractivity contribution >= 4 is 17.6 Å². The molecule has 0 bridgehead atoms. The lowest BCUT2D eigenvalue weighted by atomic mass is 10.2. The van der Waals surface area contributed by atoms with Crippen LogP contribution >= 0.6 is 11.7 Å². The Balaban J connectivity index is 1.80. The second-order valence-corrected chi connectivity index (χ2v) is 5.43. The number of carbonyl (C=O) groups is 1. The van der Waals surface area contributed by atoms with Gasteiger partial charge in [-0.25, -0.2) is 4.68 Å². The van der Waals surface area contributed by atoms with Crippen molar-refractivity contribution < 1.29 is 4.79 Å². The summed E-state index contributed by atoms with van der Waals surface area (Å²) in [6.07, 6.45) is 1.47. The van der Waals surface area contributed by atoms with E-state index in [9.17, 15) is 4.79 Å². The first-order valence-corrected chi connectivity index (χ1v) is 7.56. The molecule has 0 aliphatic heterocycles. The van der Waals surface area contributed by atoms with Gasteiger partial charge in [0.25, 0.3) is 5.91 Å². The summed E-state index contributed by atoms with van der Waals surface area (Å²) in [7, 11) is 0. The minimum atomic E-state index is -0.222. The molecule has 6 nitrogen and oxygen atoms in total. The van der Waals surface area contributed by atoms with Gasteiger partial charge in [0.05, 0.1) is 29.3 Å². The molecule has 1 N–H and O–H groups in total. The normalized spacial score (nSPS) is 10.6. The van der Waals surface area contributed by atoms with E-state index in [4.69, 9.17) is 0 Å². The molecule has 0 unspecified atom stereocenters. The largest absolute Gasteiger partial charge is 0.346 e. The highest BCUT2D eigenvalue weighted by Crippen LogP contribution is 2.17. The summed E-state index contributed by atoms with van der Waals surface area (Å²) in [5.74, 6) is -0.222. The standard InChI is InChI=1S/C15H15N5OS/c1-10-13(8-16-15(21)14-9-17-22-19-14)11(2)20(18-10)12-6-4-3-5-7-12/h3-7,9H,8H2,1-2H3,(H,16,21). The number of hydrogen-bond acceptors (Lipinski definition) is 5. The fourth-order valence-corrected chi connectivity index (χ4v) is 2.69. The molecular formula is C15H15N5OS. The first kappa shape index (κ1) is 14.4. The van der Waals surface area contributed by atoms with Crippen molar-refractivity contribution in [3.63, 3.8) is 0 Å². The molecule has 0 saturated heterocycles. The molecule has 0 radical (unpaired) electrons. The first-order chi connectivity index (χ1) is 10.7. The molecule has 0 atom stereocenters. The lowest BCUT2D eigenvalue weighted by Crippen LogP contribution is -2.23. The molecule has 3 rings (SSSR count). The second kappa shape index (κ2) is 6.07. The molecule has 2 aromatic heterocycles. The van der Waals surface area contributed by atoms with Crippen LogP contribution < -0.4 is 5.32 Å². The second-order valence-electron chi connectivity index (χ2n) is 4.87. The van der Waals surface area contributed by atoms with Gasteiger partial charge in [-0.05, 0) is 26.0 Å². The van der Waals surface area contributed by atoms with Crippen molar-refractivity contribution in [2.75, 3.05) is 0 Å². The minimum absolute atomic E-state index is 0.222. The summed E-state index contributed by atoms with van der Waals surface area (Å²) < 4.78 is 9.64. The maximum absolute atomic E-state index is 11.9. The van der Waals surface area contributed by atoms with Crippen molar-refractivity contribution in [2.24, 2.45) is 0 Å². The number of para-hydroxylation sites is 1. The zero-order valence-electron chi connectivity index (χ0n) is 12.3. The van der Waals surface area contributed by atoms with Crippen LogP contribution in [0.2, 0.25) is 0 Å². The topological polar surface area (TPSA) is 72.7 Å². The first-order valence-electron chi connectivity index (χ1n) is 6.83. The van der Waals surface area contributed by atoms with Crippen LogP contribution in [0.1, 0.15) is 27.4 Å². The number of nitrogens with zero attached hydrogens (tertiary/aromatic N) is 4. The van der Waals surface area contributed by atoms with Gasteiger partial charge in [-0.3, -0.25) is 4.79 Å². The lowest BCUT2D eigenvalue weighted by Gasteiger charge is -2.06. The van der Waals surface area contributed by atoms with E-state index in [1.807, 2.05) is 48.9 Å². The highest BCUT2D eigenvalue weighted by molar-refractivity contribution is 6.99. The van der Waals surface area contributed by atoms with E-state index in [0.717, 1.165) is 34.4 Å². The van der Waals surface area contributed by atoms with Gasteiger partial charge in [0.15, 0.2) is 5.69 Å². The van der Waals surface area contributed by atoms with Gasteiger partial charge in [-0.1, -0.05) is 18.2 Å². The Morgan fingerprint density at radius 1 is 1.27 bits per heavy atom. The lowest BCUT2D eigenvalue weighted by molar-refractivity contribution is 0.0947. The quantitative estimate of drug-likeness (QED) is 0.802. The van der Waals surface area contributed by atoms with Crippen LogP contribution in [0.15, 0.2) is 36.5 Å². The fraction of sp³-hybridized carbons (Fsp3) is 0.200. The maximum atomic E-state index is 11.9. The smallest absolute Gasteiger partial charge is 0.272 e. The zero-order valence-corrected chi connectivity index (χ0v) is 13.1. The minimum Gasteiger partial charge on any atom is -0.346 e. The molecule has 1 amide bonds. The predicted octanol–water partition coefficient (Wildman–Crippen LogP) is 2.27. The molecule has 0 aliphatic carbocycles. The Labute approximate surface area is 132 Å². The summed E-state index contributed by atoms with van der Waals surface area (Å²) in [6, 6.07) is 9.93. The predicted molar refractivity (Wildman–Crippen MR) is 84.1 cm³/mol. The van der Waals surface area contributed by atoms with Gasteiger partial charge in [-0.15, -0.1) is 0 Å². The average Bonchev–Trinajstić information content (AvgIpc) is 3.15. The number of carbonyl (C=O) groups excluding carboxylic acids is 1. The van der Waals surface area contributed by atoms with Crippen LogP contribution in [0, 0.1) is 13.8 Å². The van der Waals surface area contributed by atoms with Gasteiger partial charge >= 0.3 is 0 Å². The number of hydrogen-bond donors (Lipinski definition) is 1. The Bertz CT molecular complexity index is 780. The molecule has 22 heavy (non-hydrogen) atoms. The van der Waals surface area contributed by atoms with E-state index in [1.54, 1.807) is 0 Å². The van der Waals surface area contributed by atoms with Gasteiger partial charge in [0.2, 0.25) is 0 Å². The third kappa shape index (κ3) is 2.75. The Hall–Kier alpha value is -2.54. The number of rotatable bonds is 4. The van der Waals surface area contributed by atoms with Gasteiger partial charge in [0.1, 0.15) is 0 Å². The van der Waals surface area contributed by atoms with Crippen molar-refractivity contribution in [1.82, 2.24) is 23.8 Å². The van der Waals surface area contributed by atoms with Crippen LogP contribution in [0.4, 0.5) is 0 Å². The molecule has 112 valence electrons. The highest BCUT2D eigenvalue weighted by atomic mass is 32.1. The monoisotopic (exact) mass is 313 g/mol. The van der Waals surface area contributed by atoms with Crippen molar-refractivity contribution in [2.45, 2.75) is 20.4 Å². The molecule has 0 fully saturated rings. The van der Waals surface area contributed by atoms with E-state index < -0.39 is 0 Å². The van der Waals surface area contributed by atoms with Crippen LogP contribution in [0.5, 0.6) is 0 Å². The molecule has 3 aromatic rings. The van der Waals surface area contributed by atoms with Gasteiger partial charge < -0.3 is 5.32 Å². The number of aryl methyl sites for hydroxylation is 1. The molecule has 0 aliphatic rings. The van der Waals surface area contributed by atoms with Crippen LogP contribution in [-0.4, -0.2) is 24.4 Å². The van der Waals surface area contributed by atoms with E-state index in [0.29, 0.717) is 12.2 Å².